The molecule has 0 radical (unpaired) electrons. The maximum absolute atomic E-state index is 11.3. The number of fused-ring (bicyclic) bond motifs is 1. The van der Waals surface area contributed by atoms with Crippen molar-refractivity contribution in [2.24, 2.45) is 0 Å². The third-order valence-corrected chi connectivity index (χ3v) is 5.88. The molecule has 5 rings (SSSR count). The molecule has 0 unspecified atom stereocenters. The van der Waals surface area contributed by atoms with Gasteiger partial charge in [0.2, 0.25) is 0 Å². The molecule has 4 aromatic carbocycles. The topological polar surface area (TPSA) is 75.2 Å². The van der Waals surface area contributed by atoms with Crippen molar-refractivity contribution in [1.82, 2.24) is 9.97 Å². The monoisotopic (exact) mass is 474 g/mol. The van der Waals surface area contributed by atoms with Gasteiger partial charge in [0.05, 0.1) is 26.6 Å². The SMILES string of the molecule is O=C(O)c1cc(Oc2nc3cc(-c4ccc(-c5ccccc5)cc4)c(Cl)cc3[nH]2)ccc1Cl. The molecule has 1 heterocycles. The molecule has 0 saturated carbocycles. The van der Waals surface area contributed by atoms with Crippen molar-refractivity contribution in [1.29, 1.82) is 0 Å². The van der Waals surface area contributed by atoms with E-state index in [4.69, 9.17) is 27.9 Å². The number of halogens is 2. The fraction of sp³-hybridized carbons (Fsp3) is 0. The summed E-state index contributed by atoms with van der Waals surface area (Å²) in [4.78, 5) is 18.8. The first-order valence-corrected chi connectivity index (χ1v) is 10.8. The number of aromatic amines is 1. The summed E-state index contributed by atoms with van der Waals surface area (Å²) in [6, 6.07) is 26.6. The van der Waals surface area contributed by atoms with Gasteiger partial charge >= 0.3 is 5.97 Å². The van der Waals surface area contributed by atoms with Crippen molar-refractivity contribution in [3.05, 3.63) is 101 Å². The van der Waals surface area contributed by atoms with Crippen LogP contribution in [0.15, 0.2) is 84.9 Å². The molecule has 0 saturated heterocycles. The van der Waals surface area contributed by atoms with Crippen LogP contribution in [0.3, 0.4) is 0 Å². The summed E-state index contributed by atoms with van der Waals surface area (Å²) < 4.78 is 5.73. The minimum Gasteiger partial charge on any atom is -0.478 e. The molecule has 0 aliphatic heterocycles. The predicted octanol–water partition coefficient (Wildman–Crippen LogP) is 7.69. The zero-order valence-electron chi connectivity index (χ0n) is 17.0. The van der Waals surface area contributed by atoms with Crippen LogP contribution in [0.5, 0.6) is 11.8 Å². The summed E-state index contributed by atoms with van der Waals surface area (Å²) in [5.41, 5.74) is 5.41. The van der Waals surface area contributed by atoms with Crippen LogP contribution in [0.2, 0.25) is 10.0 Å². The van der Waals surface area contributed by atoms with Crippen LogP contribution in [0.25, 0.3) is 33.3 Å². The van der Waals surface area contributed by atoms with E-state index in [1.54, 1.807) is 12.1 Å². The minimum absolute atomic E-state index is 0.0467. The maximum atomic E-state index is 11.3. The van der Waals surface area contributed by atoms with Crippen LogP contribution in [0.4, 0.5) is 0 Å². The van der Waals surface area contributed by atoms with Crippen LogP contribution in [0.1, 0.15) is 10.4 Å². The number of imidazole rings is 1. The Morgan fingerprint density at radius 3 is 2.24 bits per heavy atom. The van der Waals surface area contributed by atoms with Gasteiger partial charge in [-0.25, -0.2) is 4.79 Å². The van der Waals surface area contributed by atoms with Crippen LogP contribution in [-0.4, -0.2) is 21.0 Å². The smallest absolute Gasteiger partial charge is 0.337 e. The fourth-order valence-electron chi connectivity index (χ4n) is 3.59. The summed E-state index contributed by atoms with van der Waals surface area (Å²) in [5, 5.41) is 9.95. The number of benzene rings is 4. The molecule has 33 heavy (non-hydrogen) atoms. The lowest BCUT2D eigenvalue weighted by Crippen LogP contribution is -1.98. The Balaban J connectivity index is 1.45. The number of hydrogen-bond donors (Lipinski definition) is 2. The molecule has 0 spiro atoms. The summed E-state index contributed by atoms with van der Waals surface area (Å²) in [6.07, 6.45) is 0. The van der Waals surface area contributed by atoms with Crippen LogP contribution in [0, 0.1) is 0 Å². The number of nitrogens with zero attached hydrogens (tertiary/aromatic N) is 1. The number of carboxylic acids is 1. The third kappa shape index (κ3) is 4.29. The lowest BCUT2D eigenvalue weighted by atomic mass is 10.00. The van der Waals surface area contributed by atoms with E-state index in [1.165, 1.54) is 12.1 Å². The maximum Gasteiger partial charge on any atom is 0.337 e. The van der Waals surface area contributed by atoms with E-state index < -0.39 is 5.97 Å². The Hall–Kier alpha value is -3.80. The highest BCUT2D eigenvalue weighted by atomic mass is 35.5. The minimum atomic E-state index is -1.13. The second kappa shape index (κ2) is 8.62. The Bertz CT molecular complexity index is 1480. The summed E-state index contributed by atoms with van der Waals surface area (Å²) in [7, 11) is 0. The molecule has 5 nitrogen and oxygen atoms in total. The van der Waals surface area contributed by atoms with Crippen LogP contribution < -0.4 is 4.74 Å². The first-order valence-electron chi connectivity index (χ1n) is 10.0. The van der Waals surface area contributed by atoms with Gasteiger partial charge in [-0.15, -0.1) is 0 Å². The van der Waals surface area contributed by atoms with Gasteiger partial charge in [0, 0.05) is 5.56 Å². The summed E-state index contributed by atoms with van der Waals surface area (Å²) in [6.45, 7) is 0. The molecular formula is C26H16Cl2N2O3. The van der Waals surface area contributed by atoms with E-state index in [2.05, 4.69) is 34.2 Å². The number of hydrogen-bond acceptors (Lipinski definition) is 3. The largest absolute Gasteiger partial charge is 0.478 e. The lowest BCUT2D eigenvalue weighted by molar-refractivity contribution is 0.0696. The van der Waals surface area contributed by atoms with Crippen molar-refractivity contribution >= 4 is 40.2 Å². The van der Waals surface area contributed by atoms with E-state index in [9.17, 15) is 9.90 Å². The van der Waals surface area contributed by atoms with Gasteiger partial charge in [-0.2, -0.15) is 4.98 Å². The molecule has 0 fully saturated rings. The lowest BCUT2D eigenvalue weighted by Gasteiger charge is -2.07. The van der Waals surface area contributed by atoms with Crippen molar-refractivity contribution in [2.45, 2.75) is 0 Å². The van der Waals surface area contributed by atoms with Gasteiger partial charge in [-0.3, -0.25) is 0 Å². The van der Waals surface area contributed by atoms with Gasteiger partial charge in [-0.1, -0.05) is 77.8 Å². The second-order valence-electron chi connectivity index (χ2n) is 7.38. The van der Waals surface area contributed by atoms with Gasteiger partial charge in [-0.05, 0) is 47.0 Å². The second-order valence-corrected chi connectivity index (χ2v) is 8.20. The van der Waals surface area contributed by atoms with E-state index in [-0.39, 0.29) is 16.6 Å². The molecule has 0 aliphatic carbocycles. The van der Waals surface area contributed by atoms with Crippen molar-refractivity contribution in [3.63, 3.8) is 0 Å². The van der Waals surface area contributed by atoms with Crippen LogP contribution in [-0.2, 0) is 0 Å². The number of aromatic carboxylic acids is 1. The first kappa shape index (κ1) is 21.1. The highest BCUT2D eigenvalue weighted by Gasteiger charge is 2.14. The molecule has 7 heteroatoms. The molecular weight excluding hydrogens is 459 g/mol. The number of aromatic nitrogens is 2. The Kier molecular flexibility index (Phi) is 5.50. The third-order valence-electron chi connectivity index (χ3n) is 5.23. The van der Waals surface area contributed by atoms with Crippen molar-refractivity contribution < 1.29 is 14.6 Å². The van der Waals surface area contributed by atoms with Crippen LogP contribution >= 0.6 is 23.2 Å². The number of rotatable bonds is 5. The molecule has 0 atom stereocenters. The Labute approximate surface area is 199 Å². The van der Waals surface area contributed by atoms with E-state index >= 15 is 0 Å². The average Bonchev–Trinajstić information content (AvgIpc) is 3.21. The number of carbonyl (C=O) groups is 1. The molecule has 0 aliphatic rings. The summed E-state index contributed by atoms with van der Waals surface area (Å²) >= 11 is 12.5. The molecule has 0 amide bonds. The highest BCUT2D eigenvalue weighted by molar-refractivity contribution is 6.34. The molecule has 0 bridgehead atoms. The number of nitrogens with one attached hydrogen (secondary N) is 1. The standard InChI is InChI=1S/C26H16Cl2N2O3/c27-21-11-10-18(12-20(21)25(31)32)33-26-29-23-13-19(22(28)14-24(23)30-26)17-8-6-16(7-9-17)15-4-2-1-3-5-15/h1-14H,(H,29,30)(H,31,32). The highest BCUT2D eigenvalue weighted by Crippen LogP contribution is 2.34. The van der Waals surface area contributed by atoms with E-state index in [0.29, 0.717) is 21.8 Å². The fourth-order valence-corrected chi connectivity index (χ4v) is 4.06. The van der Waals surface area contributed by atoms with E-state index in [1.807, 2.05) is 36.4 Å². The van der Waals surface area contributed by atoms with Crippen molar-refractivity contribution in [3.8, 4) is 34.0 Å². The predicted molar refractivity (Wildman–Crippen MR) is 130 cm³/mol. The number of ether oxygens (including phenoxy) is 1. The molecule has 5 aromatic rings. The zero-order valence-corrected chi connectivity index (χ0v) is 18.6. The molecule has 162 valence electrons. The van der Waals surface area contributed by atoms with Gasteiger partial charge < -0.3 is 14.8 Å². The van der Waals surface area contributed by atoms with Gasteiger partial charge in [0.1, 0.15) is 5.75 Å². The zero-order chi connectivity index (χ0) is 22.9. The van der Waals surface area contributed by atoms with Crippen molar-refractivity contribution in [2.75, 3.05) is 0 Å². The van der Waals surface area contributed by atoms with Gasteiger partial charge in [0.15, 0.2) is 0 Å². The summed E-state index contributed by atoms with van der Waals surface area (Å²) in [5.74, 6) is -0.830. The number of carboxylic acid groups (broad SMARTS) is 1. The molecule has 1 aromatic heterocycles. The van der Waals surface area contributed by atoms with Gasteiger partial charge in [0.25, 0.3) is 6.01 Å². The average molecular weight is 475 g/mol. The van der Waals surface area contributed by atoms with E-state index in [0.717, 1.165) is 22.3 Å². The Morgan fingerprint density at radius 1 is 0.818 bits per heavy atom. The first-order chi connectivity index (χ1) is 16.0. The quantitative estimate of drug-likeness (QED) is 0.273. The normalized spacial score (nSPS) is 11.0. The number of H-pyrrole nitrogens is 1. The molecule has 2 N–H and O–H groups in total. The Morgan fingerprint density at radius 2 is 1.52 bits per heavy atom.